The zero-order valence-corrected chi connectivity index (χ0v) is 6.15. The van der Waals surface area contributed by atoms with Gasteiger partial charge in [0.25, 0.3) is 0 Å². The van der Waals surface area contributed by atoms with E-state index in [2.05, 4.69) is 0 Å². The maximum absolute atomic E-state index is 0. The smallest absolute Gasteiger partial charge is 0 e. The van der Waals surface area contributed by atoms with Gasteiger partial charge in [-0.15, -0.1) is 0 Å². The molecule has 5 radical (unpaired) electrons. The predicted octanol–water partition coefficient (Wildman–Crippen LogP) is -0.502. The first-order valence-electron chi connectivity index (χ1n) is 0. The van der Waals surface area contributed by atoms with Gasteiger partial charge in [-0.05, 0) is 0 Å². The second kappa shape index (κ2) is 20.7. The molecule has 4 heavy (non-hydrogen) atoms. The summed E-state index contributed by atoms with van der Waals surface area (Å²) >= 11 is 0. The standard InChI is InChI=1S/B.Fe.Nd.O. The zero-order valence-electron chi connectivity index (χ0n) is 1.84. The van der Waals surface area contributed by atoms with Gasteiger partial charge in [0.1, 0.15) is 0 Å². The largest absolute Gasteiger partial charge is 0 e. The quantitative estimate of drug-likeness (QED) is 0.499. The van der Waals surface area contributed by atoms with Crippen LogP contribution in [0.25, 0.3) is 0 Å². The van der Waals surface area contributed by atoms with Crippen LogP contribution in [-0.2, 0) is 22.5 Å². The van der Waals surface area contributed by atoms with Crippen molar-refractivity contribution in [2.45, 2.75) is 0 Å². The fraction of sp³-hybridized carbons (Fsp3) is 0. The summed E-state index contributed by atoms with van der Waals surface area (Å²) in [6.45, 7) is 0. The fourth-order valence-corrected chi connectivity index (χ4v) is 0. The van der Waals surface area contributed by atoms with Crippen LogP contribution in [0, 0.1) is 40.8 Å². The van der Waals surface area contributed by atoms with Crippen LogP contribution in [0.3, 0.4) is 0 Å². The first-order chi connectivity index (χ1) is 0. The van der Waals surface area contributed by atoms with E-state index in [-0.39, 0.29) is 71.8 Å². The topological polar surface area (TPSA) is 28.5 Å². The van der Waals surface area contributed by atoms with E-state index in [1.165, 1.54) is 0 Å². The average Bonchev–Trinajstić information content (AvgIpc) is 0. The maximum atomic E-state index is 0. The van der Waals surface area contributed by atoms with Crippen LogP contribution in [0.1, 0.15) is 0 Å². The second-order valence-electron chi connectivity index (χ2n) is 0. The molecular formula is BFeNdO. The molecule has 0 amide bonds. The molecule has 1 nitrogen and oxygen atoms in total. The second-order valence-corrected chi connectivity index (χ2v) is 0. The summed E-state index contributed by atoms with van der Waals surface area (Å²) < 4.78 is 0. The Balaban J connectivity index is 0. The molecule has 0 N–H and O–H groups in total. The van der Waals surface area contributed by atoms with E-state index in [1.54, 1.807) is 0 Å². The molecular weight excluding hydrogens is 227 g/mol. The average molecular weight is 227 g/mol. The van der Waals surface area contributed by atoms with E-state index in [1.807, 2.05) is 0 Å². The molecule has 0 heterocycles. The molecule has 0 fully saturated rings. The van der Waals surface area contributed by atoms with Crippen LogP contribution in [0.2, 0.25) is 0 Å². The Labute approximate surface area is 70.8 Å². The Morgan fingerprint density at radius 3 is 1.00 bits per heavy atom. The summed E-state index contributed by atoms with van der Waals surface area (Å²) in [5.41, 5.74) is 0. The van der Waals surface area contributed by atoms with Crippen molar-refractivity contribution in [2.24, 2.45) is 0 Å². The molecule has 0 aliphatic carbocycles. The summed E-state index contributed by atoms with van der Waals surface area (Å²) in [5.74, 6) is 0. The molecule has 0 aromatic rings. The summed E-state index contributed by atoms with van der Waals surface area (Å²) in [4.78, 5) is 0. The minimum absolute atomic E-state index is 0. The van der Waals surface area contributed by atoms with Crippen molar-refractivity contribution in [3.63, 3.8) is 0 Å². The molecule has 4 heteroatoms. The van der Waals surface area contributed by atoms with Crippen LogP contribution >= 0.6 is 0 Å². The van der Waals surface area contributed by atoms with Crippen molar-refractivity contribution in [3.05, 3.63) is 0 Å². The Kier molecular flexibility index (Phi) is 203. The van der Waals surface area contributed by atoms with Crippen LogP contribution in [0.5, 0.6) is 0 Å². The molecule has 21 valence electrons. The van der Waals surface area contributed by atoms with Crippen LogP contribution in [0.4, 0.5) is 0 Å². The Morgan fingerprint density at radius 2 is 1.00 bits per heavy atom. The summed E-state index contributed by atoms with van der Waals surface area (Å²) in [7, 11) is 0. The van der Waals surface area contributed by atoms with E-state index in [4.69, 9.17) is 0 Å². The molecule has 0 unspecified atom stereocenters. The summed E-state index contributed by atoms with van der Waals surface area (Å²) in [5, 5.41) is 0. The molecule has 0 saturated heterocycles. The van der Waals surface area contributed by atoms with Crippen molar-refractivity contribution >= 4 is 8.41 Å². The Morgan fingerprint density at radius 1 is 1.00 bits per heavy atom. The van der Waals surface area contributed by atoms with Gasteiger partial charge in [-0.25, -0.2) is 0 Å². The van der Waals surface area contributed by atoms with E-state index in [0.29, 0.717) is 0 Å². The van der Waals surface area contributed by atoms with Gasteiger partial charge in [0, 0.05) is 71.8 Å². The van der Waals surface area contributed by atoms with E-state index < -0.39 is 0 Å². The van der Waals surface area contributed by atoms with Gasteiger partial charge < -0.3 is 0 Å². The molecule has 0 aromatic heterocycles. The first-order valence-corrected chi connectivity index (χ1v) is 0. The van der Waals surface area contributed by atoms with E-state index in [0.717, 1.165) is 0 Å². The van der Waals surface area contributed by atoms with Crippen molar-refractivity contribution in [2.75, 3.05) is 0 Å². The van der Waals surface area contributed by atoms with Crippen molar-refractivity contribution in [1.29, 1.82) is 0 Å². The van der Waals surface area contributed by atoms with Gasteiger partial charge in [-0.3, -0.25) is 0 Å². The van der Waals surface area contributed by atoms with Gasteiger partial charge in [0.15, 0.2) is 0 Å². The normalized spacial score (nSPS) is 0. The first kappa shape index (κ1) is 39.3. The molecule has 0 rings (SSSR count). The molecule has 0 atom stereocenters. The van der Waals surface area contributed by atoms with Crippen molar-refractivity contribution < 1.29 is 63.4 Å². The summed E-state index contributed by atoms with van der Waals surface area (Å²) in [6.07, 6.45) is 0. The zero-order chi connectivity index (χ0) is 0. The molecule has 0 aliphatic rings. The SMILES string of the molecule is [B].[Fe].[Nd].[O]. The van der Waals surface area contributed by atoms with Crippen molar-refractivity contribution in [3.8, 4) is 0 Å². The van der Waals surface area contributed by atoms with E-state index >= 15 is 0 Å². The van der Waals surface area contributed by atoms with Gasteiger partial charge >= 0.3 is 0 Å². The van der Waals surface area contributed by atoms with E-state index in [9.17, 15) is 0 Å². The third-order valence-electron chi connectivity index (χ3n) is 0. The van der Waals surface area contributed by atoms with Crippen LogP contribution < -0.4 is 0 Å². The number of rotatable bonds is 0. The Bertz CT molecular complexity index is 8.00. The minimum Gasteiger partial charge on any atom is 0 e. The van der Waals surface area contributed by atoms with Gasteiger partial charge in [0.2, 0.25) is 0 Å². The van der Waals surface area contributed by atoms with Gasteiger partial charge in [-0.1, -0.05) is 0 Å². The van der Waals surface area contributed by atoms with Crippen LogP contribution in [-0.4, -0.2) is 8.41 Å². The minimum atomic E-state index is 0. The molecule has 0 aliphatic heterocycles. The molecule has 0 bridgehead atoms. The predicted molar refractivity (Wildman–Crippen MR) is 6.44 cm³/mol. The Hall–Kier alpha value is 1.90. The van der Waals surface area contributed by atoms with Crippen LogP contribution in [0.15, 0.2) is 0 Å². The third kappa shape index (κ3) is 9.09. The van der Waals surface area contributed by atoms with Gasteiger partial charge in [0.05, 0.1) is 0 Å². The molecule has 0 aromatic carbocycles. The van der Waals surface area contributed by atoms with Gasteiger partial charge in [-0.2, -0.15) is 0 Å². The van der Waals surface area contributed by atoms with Crippen molar-refractivity contribution in [1.82, 2.24) is 0 Å². The number of hydrogen-bond donors (Lipinski definition) is 0. The summed E-state index contributed by atoms with van der Waals surface area (Å²) in [6, 6.07) is 0. The fourth-order valence-electron chi connectivity index (χ4n) is 0. The molecule has 0 spiro atoms. The molecule has 0 saturated carbocycles. The maximum Gasteiger partial charge on any atom is 0 e. The number of hydrogen-bond acceptors (Lipinski definition) is 0. The monoisotopic (exact) mass is 225 g/mol. The third-order valence-corrected chi connectivity index (χ3v) is 0.